The molecule has 0 radical (unpaired) electrons. The van der Waals surface area contributed by atoms with Gasteiger partial charge in [-0.15, -0.1) is 0 Å². The zero-order valence-electron chi connectivity index (χ0n) is 10.3. The monoisotopic (exact) mass is 247 g/mol. The number of fused-ring (bicyclic) bond motifs is 1. The summed E-state index contributed by atoms with van der Waals surface area (Å²) in [6.07, 6.45) is 0.923. The summed E-state index contributed by atoms with van der Waals surface area (Å²) in [5, 5.41) is 2.82. The van der Waals surface area contributed by atoms with Crippen molar-refractivity contribution < 1.29 is 4.79 Å². The normalized spacial score (nSPS) is 15.1. The van der Waals surface area contributed by atoms with E-state index in [1.165, 1.54) is 0 Å². The van der Waals surface area contributed by atoms with Gasteiger partial charge in [-0.2, -0.15) is 0 Å². The first kappa shape index (κ1) is 12.4. The predicted molar refractivity (Wildman–Crippen MR) is 72.3 cm³/mol. The molecule has 1 heterocycles. The van der Waals surface area contributed by atoms with Gasteiger partial charge >= 0.3 is 0 Å². The molecule has 1 aliphatic heterocycles. The Morgan fingerprint density at radius 1 is 1.56 bits per heavy atom. The van der Waals surface area contributed by atoms with E-state index in [2.05, 4.69) is 15.7 Å². The zero-order chi connectivity index (χ0) is 13.0. The molecule has 0 unspecified atom stereocenters. The number of rotatable bonds is 2. The SMILES string of the molecule is CCCN=C(NN)N1CC(=O)Nc2ccccc21. The Kier molecular flexibility index (Phi) is 3.78. The number of nitrogens with zero attached hydrogens (tertiary/aromatic N) is 2. The average molecular weight is 247 g/mol. The molecule has 0 aliphatic carbocycles. The van der Waals surface area contributed by atoms with Gasteiger partial charge in [-0.1, -0.05) is 19.1 Å². The standard InChI is InChI=1S/C12H17N5O/c1-2-7-14-12(16-13)17-8-11(18)15-9-5-3-4-6-10(9)17/h3-6H,2,7-8,13H2,1H3,(H,14,16)(H,15,18). The molecular weight excluding hydrogens is 230 g/mol. The summed E-state index contributed by atoms with van der Waals surface area (Å²) >= 11 is 0. The molecule has 6 heteroatoms. The molecule has 1 aromatic rings. The molecule has 4 N–H and O–H groups in total. The minimum absolute atomic E-state index is 0.0758. The van der Waals surface area contributed by atoms with Crippen LogP contribution in [0.3, 0.4) is 0 Å². The summed E-state index contributed by atoms with van der Waals surface area (Å²) in [4.78, 5) is 17.8. The van der Waals surface area contributed by atoms with E-state index in [-0.39, 0.29) is 12.5 Å². The Hall–Kier alpha value is -2.08. The molecular formula is C12H17N5O. The minimum Gasteiger partial charge on any atom is -0.323 e. The van der Waals surface area contributed by atoms with Crippen molar-refractivity contribution in [2.24, 2.45) is 10.8 Å². The second-order valence-electron chi connectivity index (χ2n) is 4.00. The van der Waals surface area contributed by atoms with Gasteiger partial charge in [-0.3, -0.25) is 15.2 Å². The number of hydrogen-bond donors (Lipinski definition) is 3. The highest BCUT2D eigenvalue weighted by Gasteiger charge is 2.24. The Balaban J connectivity index is 2.35. The summed E-state index contributed by atoms with van der Waals surface area (Å²) in [7, 11) is 0. The molecule has 96 valence electrons. The lowest BCUT2D eigenvalue weighted by molar-refractivity contribution is -0.115. The molecule has 0 aromatic heterocycles. The topological polar surface area (TPSA) is 82.8 Å². The second-order valence-corrected chi connectivity index (χ2v) is 4.00. The van der Waals surface area contributed by atoms with E-state index < -0.39 is 0 Å². The van der Waals surface area contributed by atoms with Crippen molar-refractivity contribution in [1.82, 2.24) is 5.43 Å². The molecule has 18 heavy (non-hydrogen) atoms. The van der Waals surface area contributed by atoms with E-state index in [0.717, 1.165) is 17.8 Å². The first-order chi connectivity index (χ1) is 8.76. The Morgan fingerprint density at radius 3 is 3.06 bits per heavy atom. The summed E-state index contributed by atoms with van der Waals surface area (Å²) in [6.45, 7) is 2.91. The van der Waals surface area contributed by atoms with Gasteiger partial charge in [0.25, 0.3) is 0 Å². The summed E-state index contributed by atoms with van der Waals surface area (Å²) < 4.78 is 0. The fourth-order valence-corrected chi connectivity index (χ4v) is 1.85. The van der Waals surface area contributed by atoms with Crippen LogP contribution in [0, 0.1) is 0 Å². The van der Waals surface area contributed by atoms with Crippen LogP contribution in [0.15, 0.2) is 29.3 Å². The van der Waals surface area contributed by atoms with Crippen molar-refractivity contribution in [2.45, 2.75) is 13.3 Å². The number of nitrogens with two attached hydrogens (primary N) is 1. The third kappa shape index (κ3) is 2.43. The molecule has 0 atom stereocenters. The number of para-hydroxylation sites is 2. The van der Waals surface area contributed by atoms with E-state index in [9.17, 15) is 4.79 Å². The van der Waals surface area contributed by atoms with Gasteiger partial charge < -0.3 is 10.2 Å². The number of amides is 1. The van der Waals surface area contributed by atoms with Gasteiger partial charge in [0, 0.05) is 6.54 Å². The third-order valence-electron chi connectivity index (χ3n) is 2.64. The van der Waals surface area contributed by atoms with Crippen molar-refractivity contribution >= 4 is 23.2 Å². The third-order valence-corrected chi connectivity index (χ3v) is 2.64. The number of anilines is 2. The number of carbonyl (C=O) groups excluding carboxylic acids is 1. The number of nitrogens with one attached hydrogen (secondary N) is 2. The molecule has 0 spiro atoms. The van der Waals surface area contributed by atoms with Crippen LogP contribution in [-0.4, -0.2) is 25.0 Å². The van der Waals surface area contributed by atoms with Gasteiger partial charge in [-0.25, -0.2) is 5.84 Å². The lowest BCUT2D eigenvalue weighted by Gasteiger charge is -2.31. The molecule has 0 saturated heterocycles. The van der Waals surface area contributed by atoms with Crippen LogP contribution >= 0.6 is 0 Å². The van der Waals surface area contributed by atoms with Crippen LogP contribution in [-0.2, 0) is 4.79 Å². The molecule has 2 rings (SSSR count). The number of carbonyl (C=O) groups is 1. The Bertz CT molecular complexity index is 471. The van der Waals surface area contributed by atoms with Crippen LogP contribution in [0.25, 0.3) is 0 Å². The maximum Gasteiger partial charge on any atom is 0.244 e. The summed E-state index contributed by atoms with van der Waals surface area (Å²) in [5.74, 6) is 5.93. The first-order valence-electron chi connectivity index (χ1n) is 5.93. The van der Waals surface area contributed by atoms with Crippen molar-refractivity contribution in [1.29, 1.82) is 0 Å². The number of guanidine groups is 1. The second kappa shape index (κ2) is 5.50. The zero-order valence-corrected chi connectivity index (χ0v) is 10.3. The highest BCUT2D eigenvalue weighted by molar-refractivity contribution is 6.10. The average Bonchev–Trinajstić information content (AvgIpc) is 2.39. The van der Waals surface area contributed by atoms with Gasteiger partial charge in [-0.05, 0) is 18.6 Å². The minimum atomic E-state index is -0.0758. The van der Waals surface area contributed by atoms with Gasteiger partial charge in [0.05, 0.1) is 11.4 Å². The van der Waals surface area contributed by atoms with Gasteiger partial charge in [0.15, 0.2) is 0 Å². The molecule has 1 aromatic carbocycles. The molecule has 6 nitrogen and oxygen atoms in total. The smallest absolute Gasteiger partial charge is 0.244 e. The first-order valence-corrected chi connectivity index (χ1v) is 5.93. The van der Waals surface area contributed by atoms with Crippen LogP contribution in [0.1, 0.15) is 13.3 Å². The van der Waals surface area contributed by atoms with Gasteiger partial charge in [0.1, 0.15) is 6.54 Å². The van der Waals surface area contributed by atoms with Crippen LogP contribution in [0.5, 0.6) is 0 Å². The highest BCUT2D eigenvalue weighted by atomic mass is 16.2. The van der Waals surface area contributed by atoms with E-state index >= 15 is 0 Å². The lowest BCUT2D eigenvalue weighted by atomic mass is 10.2. The summed E-state index contributed by atoms with van der Waals surface area (Å²) in [6, 6.07) is 7.57. The molecule has 0 saturated carbocycles. The quantitative estimate of drug-likeness (QED) is 0.310. The number of benzene rings is 1. The summed E-state index contributed by atoms with van der Waals surface area (Å²) in [5.41, 5.74) is 4.23. The van der Waals surface area contributed by atoms with E-state index in [0.29, 0.717) is 12.5 Å². The molecule has 0 fully saturated rings. The molecule has 1 aliphatic rings. The van der Waals surface area contributed by atoms with E-state index in [4.69, 9.17) is 5.84 Å². The maximum absolute atomic E-state index is 11.7. The van der Waals surface area contributed by atoms with Crippen molar-refractivity contribution in [3.8, 4) is 0 Å². The number of hydrazine groups is 1. The van der Waals surface area contributed by atoms with Crippen LogP contribution in [0.2, 0.25) is 0 Å². The maximum atomic E-state index is 11.7. The fourth-order valence-electron chi connectivity index (χ4n) is 1.85. The van der Waals surface area contributed by atoms with Crippen molar-refractivity contribution in [3.63, 3.8) is 0 Å². The van der Waals surface area contributed by atoms with Gasteiger partial charge in [0.2, 0.25) is 11.9 Å². The lowest BCUT2D eigenvalue weighted by Crippen LogP contribution is -2.50. The molecule has 1 amide bonds. The highest BCUT2D eigenvalue weighted by Crippen LogP contribution is 2.28. The van der Waals surface area contributed by atoms with Crippen molar-refractivity contribution in [3.05, 3.63) is 24.3 Å². The van der Waals surface area contributed by atoms with Crippen LogP contribution < -0.4 is 21.5 Å². The molecule has 0 bridgehead atoms. The number of aliphatic imine (C=N–C) groups is 1. The van der Waals surface area contributed by atoms with E-state index in [1.54, 1.807) is 4.90 Å². The number of hydrogen-bond acceptors (Lipinski definition) is 3. The fraction of sp³-hybridized carbons (Fsp3) is 0.333. The predicted octanol–water partition coefficient (Wildman–Crippen LogP) is 0.674. The largest absolute Gasteiger partial charge is 0.323 e. The Labute approximate surface area is 106 Å². The van der Waals surface area contributed by atoms with Crippen molar-refractivity contribution in [2.75, 3.05) is 23.3 Å². The van der Waals surface area contributed by atoms with E-state index in [1.807, 2.05) is 31.2 Å². The Morgan fingerprint density at radius 2 is 2.33 bits per heavy atom. The van der Waals surface area contributed by atoms with Crippen LogP contribution in [0.4, 0.5) is 11.4 Å².